The van der Waals surface area contributed by atoms with Crippen LogP contribution in [0.1, 0.15) is 47.6 Å². The predicted molar refractivity (Wildman–Crippen MR) is 139 cm³/mol. The first-order chi connectivity index (χ1) is 18.5. The zero-order valence-corrected chi connectivity index (χ0v) is 21.7. The van der Waals surface area contributed by atoms with E-state index in [2.05, 4.69) is 15.3 Å². The molecule has 0 spiro atoms. The van der Waals surface area contributed by atoms with E-state index in [1.54, 1.807) is 24.3 Å². The quantitative estimate of drug-likeness (QED) is 0.435. The SMILES string of the molecule is O=C(O)Cc1ccc(Nc2nc(N3CCC(c4ccc(C(F)(F)F)cc4)CC3)nc3c2S(=O)(=O)CCC3)cc1. The predicted octanol–water partition coefficient (Wildman–Crippen LogP) is 4.97. The number of rotatable bonds is 6. The highest BCUT2D eigenvalue weighted by Gasteiger charge is 2.33. The van der Waals surface area contributed by atoms with Crippen molar-refractivity contribution in [2.45, 2.75) is 49.1 Å². The largest absolute Gasteiger partial charge is 0.481 e. The minimum Gasteiger partial charge on any atom is -0.481 e. The van der Waals surface area contributed by atoms with Crippen molar-refractivity contribution < 1.29 is 31.5 Å². The molecule has 12 heteroatoms. The summed E-state index contributed by atoms with van der Waals surface area (Å²) in [7, 11) is -3.59. The third-order valence-electron chi connectivity index (χ3n) is 7.12. The van der Waals surface area contributed by atoms with Gasteiger partial charge in [-0.05, 0) is 67.0 Å². The molecule has 0 atom stereocenters. The van der Waals surface area contributed by atoms with E-state index >= 15 is 0 Å². The Morgan fingerprint density at radius 3 is 2.31 bits per heavy atom. The summed E-state index contributed by atoms with van der Waals surface area (Å²) in [4.78, 5) is 22.3. The van der Waals surface area contributed by atoms with Crippen molar-refractivity contribution in [1.29, 1.82) is 0 Å². The summed E-state index contributed by atoms with van der Waals surface area (Å²) in [5, 5.41) is 12.1. The van der Waals surface area contributed by atoms with Gasteiger partial charge in [0.05, 0.1) is 23.4 Å². The van der Waals surface area contributed by atoms with E-state index < -0.39 is 27.5 Å². The smallest absolute Gasteiger partial charge is 0.416 e. The van der Waals surface area contributed by atoms with Crippen molar-refractivity contribution in [3.8, 4) is 0 Å². The average molecular weight is 561 g/mol. The maximum atomic E-state index is 13.0. The molecule has 206 valence electrons. The number of carboxylic acids is 1. The molecule has 3 aromatic rings. The standard InChI is InChI=1S/C27H27F3N4O4S/c28-27(29,30)20-7-5-18(6-8-20)19-11-13-34(14-12-19)26-32-22-2-1-15-39(37,38)24(22)25(33-26)31-21-9-3-17(4-10-21)16-23(35)36/h3-10,19H,1-2,11-16H2,(H,35,36)(H,31,32,33). The molecule has 0 radical (unpaired) electrons. The van der Waals surface area contributed by atoms with Crippen LogP contribution in [-0.2, 0) is 33.6 Å². The number of alkyl halides is 3. The Kier molecular flexibility index (Phi) is 7.23. The van der Waals surface area contributed by atoms with Gasteiger partial charge in [-0.15, -0.1) is 0 Å². The summed E-state index contributed by atoms with van der Waals surface area (Å²) in [6.07, 6.45) is -2.14. The van der Waals surface area contributed by atoms with Crippen molar-refractivity contribution in [2.24, 2.45) is 0 Å². The van der Waals surface area contributed by atoms with Crippen LogP contribution < -0.4 is 10.2 Å². The number of carboxylic acid groups (broad SMARTS) is 1. The van der Waals surface area contributed by atoms with Crippen molar-refractivity contribution in [3.63, 3.8) is 0 Å². The molecule has 1 aromatic heterocycles. The molecule has 39 heavy (non-hydrogen) atoms. The molecule has 0 bridgehead atoms. The van der Waals surface area contributed by atoms with Crippen LogP contribution in [0.15, 0.2) is 53.4 Å². The lowest BCUT2D eigenvalue weighted by Crippen LogP contribution is -2.35. The second-order valence-corrected chi connectivity index (χ2v) is 11.9. The number of benzene rings is 2. The third kappa shape index (κ3) is 6.00. The topological polar surface area (TPSA) is 112 Å². The number of nitrogens with zero attached hydrogens (tertiary/aromatic N) is 3. The highest BCUT2D eigenvalue weighted by atomic mass is 32.2. The number of nitrogens with one attached hydrogen (secondary N) is 1. The summed E-state index contributed by atoms with van der Waals surface area (Å²) in [5.74, 6) is -0.248. The number of halogens is 3. The molecule has 5 rings (SSSR count). The minimum atomic E-state index is -4.37. The lowest BCUT2D eigenvalue weighted by molar-refractivity contribution is -0.138. The van der Waals surface area contributed by atoms with E-state index in [4.69, 9.17) is 5.11 Å². The number of piperidine rings is 1. The van der Waals surface area contributed by atoms with Crippen molar-refractivity contribution in [2.75, 3.05) is 29.1 Å². The molecule has 2 aliphatic rings. The first kappa shape index (κ1) is 26.9. The summed E-state index contributed by atoms with van der Waals surface area (Å²) in [6.45, 7) is 1.14. The summed E-state index contributed by atoms with van der Waals surface area (Å²) in [5.41, 5.74) is 1.83. The van der Waals surface area contributed by atoms with Gasteiger partial charge in [0.2, 0.25) is 5.95 Å². The van der Waals surface area contributed by atoms with Crippen LogP contribution in [0, 0.1) is 0 Å². The van der Waals surface area contributed by atoms with Gasteiger partial charge in [-0.25, -0.2) is 13.4 Å². The molecular weight excluding hydrogens is 533 g/mol. The van der Waals surface area contributed by atoms with Crippen LogP contribution in [0.2, 0.25) is 0 Å². The van der Waals surface area contributed by atoms with E-state index in [1.807, 2.05) is 4.90 Å². The van der Waals surface area contributed by atoms with Gasteiger partial charge in [0.15, 0.2) is 15.7 Å². The van der Waals surface area contributed by atoms with E-state index in [-0.39, 0.29) is 28.8 Å². The zero-order chi connectivity index (χ0) is 27.8. The van der Waals surface area contributed by atoms with E-state index in [0.29, 0.717) is 61.7 Å². The van der Waals surface area contributed by atoms with Crippen LogP contribution >= 0.6 is 0 Å². The Hall–Kier alpha value is -3.67. The zero-order valence-electron chi connectivity index (χ0n) is 20.9. The molecule has 0 unspecified atom stereocenters. The Morgan fingerprint density at radius 2 is 1.69 bits per heavy atom. The molecule has 0 amide bonds. The fraction of sp³-hybridized carbons (Fsp3) is 0.370. The average Bonchev–Trinajstić information content (AvgIpc) is 2.89. The highest BCUT2D eigenvalue weighted by molar-refractivity contribution is 7.91. The van der Waals surface area contributed by atoms with Crippen LogP contribution in [0.5, 0.6) is 0 Å². The number of fused-ring (bicyclic) bond motifs is 1. The lowest BCUT2D eigenvalue weighted by Gasteiger charge is -2.33. The molecule has 2 aromatic carbocycles. The van der Waals surface area contributed by atoms with Gasteiger partial charge >= 0.3 is 12.1 Å². The number of hydrogen-bond acceptors (Lipinski definition) is 7. The number of aryl methyl sites for hydroxylation is 1. The molecule has 1 fully saturated rings. The highest BCUT2D eigenvalue weighted by Crippen LogP contribution is 2.36. The summed E-state index contributed by atoms with van der Waals surface area (Å²) >= 11 is 0. The van der Waals surface area contributed by atoms with Gasteiger partial charge in [0, 0.05) is 18.8 Å². The van der Waals surface area contributed by atoms with Gasteiger partial charge in [-0.2, -0.15) is 18.2 Å². The molecule has 2 N–H and O–H groups in total. The second kappa shape index (κ2) is 10.5. The van der Waals surface area contributed by atoms with E-state index in [1.165, 1.54) is 12.1 Å². The third-order valence-corrected chi connectivity index (χ3v) is 9.00. The maximum Gasteiger partial charge on any atom is 0.416 e. The Labute approximate surface area is 223 Å². The summed E-state index contributed by atoms with van der Waals surface area (Å²) in [6, 6.07) is 12.0. The monoisotopic (exact) mass is 560 g/mol. The van der Waals surface area contributed by atoms with Gasteiger partial charge in [0.25, 0.3) is 0 Å². The molecule has 8 nitrogen and oxygen atoms in total. The Bertz CT molecular complexity index is 1470. The molecule has 0 saturated carbocycles. The van der Waals surface area contributed by atoms with Crippen molar-refractivity contribution in [3.05, 3.63) is 70.9 Å². The van der Waals surface area contributed by atoms with Gasteiger partial charge in [-0.1, -0.05) is 24.3 Å². The second-order valence-electron chi connectivity index (χ2n) is 9.84. The number of carbonyl (C=O) groups is 1. The first-order valence-electron chi connectivity index (χ1n) is 12.6. The number of anilines is 3. The maximum absolute atomic E-state index is 13.0. The van der Waals surface area contributed by atoms with Crippen LogP contribution in [0.3, 0.4) is 0 Å². The minimum absolute atomic E-state index is 0.00740. The van der Waals surface area contributed by atoms with Crippen LogP contribution in [0.25, 0.3) is 0 Å². The lowest BCUT2D eigenvalue weighted by atomic mass is 9.89. The fourth-order valence-electron chi connectivity index (χ4n) is 5.11. The van der Waals surface area contributed by atoms with Crippen molar-refractivity contribution >= 4 is 33.3 Å². The molecule has 0 aliphatic carbocycles. The van der Waals surface area contributed by atoms with Gasteiger partial charge < -0.3 is 15.3 Å². The molecular formula is C27H27F3N4O4S. The number of aliphatic carboxylic acids is 1. The molecule has 2 aliphatic heterocycles. The Balaban J connectivity index is 1.37. The van der Waals surface area contributed by atoms with E-state index in [9.17, 15) is 26.4 Å². The van der Waals surface area contributed by atoms with E-state index in [0.717, 1.165) is 17.7 Å². The number of hydrogen-bond donors (Lipinski definition) is 2. The van der Waals surface area contributed by atoms with Gasteiger partial charge in [0.1, 0.15) is 4.90 Å². The van der Waals surface area contributed by atoms with Gasteiger partial charge in [-0.3, -0.25) is 4.79 Å². The fourth-order valence-corrected chi connectivity index (χ4v) is 6.74. The summed E-state index contributed by atoms with van der Waals surface area (Å²) < 4.78 is 64.7. The number of aromatic nitrogens is 2. The molecule has 3 heterocycles. The van der Waals surface area contributed by atoms with Crippen LogP contribution in [0.4, 0.5) is 30.6 Å². The number of sulfone groups is 1. The molecule has 1 saturated heterocycles. The van der Waals surface area contributed by atoms with Crippen LogP contribution in [-0.4, -0.2) is 48.3 Å². The normalized spacial score (nSPS) is 17.5. The Morgan fingerprint density at radius 1 is 1.03 bits per heavy atom. The van der Waals surface area contributed by atoms with Crippen molar-refractivity contribution in [1.82, 2.24) is 9.97 Å². The first-order valence-corrected chi connectivity index (χ1v) is 14.3.